The smallest absolute Gasteiger partial charge is 0.127 e. The van der Waals surface area contributed by atoms with Crippen LogP contribution in [0.3, 0.4) is 0 Å². The molecule has 3 atom stereocenters. The Labute approximate surface area is 272 Å². The first-order valence-corrected chi connectivity index (χ1v) is 17.1. The fourth-order valence-corrected chi connectivity index (χ4v) is 8.18. The molecule has 258 valence electrons. The molecule has 3 aliphatic heterocycles. The summed E-state index contributed by atoms with van der Waals surface area (Å²) in [5.74, 6) is 2.05. The highest BCUT2D eigenvalue weighted by Gasteiger charge is 2.45. The van der Waals surface area contributed by atoms with Gasteiger partial charge in [-0.1, -0.05) is 0 Å². The minimum Gasteiger partial charge on any atom is -0.490 e. The third-order valence-electron chi connectivity index (χ3n) is 10.6. The van der Waals surface area contributed by atoms with Gasteiger partial charge in [-0.15, -0.1) is 0 Å². The summed E-state index contributed by atoms with van der Waals surface area (Å²) >= 11 is 0. The van der Waals surface area contributed by atoms with Crippen molar-refractivity contribution in [3.63, 3.8) is 0 Å². The zero-order valence-electron chi connectivity index (χ0n) is 30.2. The molecular formula is C36H63N3O6. The van der Waals surface area contributed by atoms with Gasteiger partial charge in [-0.05, 0) is 122 Å². The Morgan fingerprint density at radius 1 is 0.444 bits per heavy atom. The van der Waals surface area contributed by atoms with Gasteiger partial charge in [0.1, 0.15) is 35.6 Å². The summed E-state index contributed by atoms with van der Waals surface area (Å²) in [6, 6.07) is 5.88. The van der Waals surface area contributed by atoms with E-state index in [0.29, 0.717) is 36.5 Å². The summed E-state index contributed by atoms with van der Waals surface area (Å²) in [7, 11) is 0. The molecule has 45 heavy (non-hydrogen) atoms. The Balaban J connectivity index is 1.63. The highest BCUT2D eigenvalue weighted by molar-refractivity contribution is 5.42. The molecule has 1 aromatic carbocycles. The van der Waals surface area contributed by atoms with E-state index in [1.54, 1.807) is 0 Å². The van der Waals surface area contributed by atoms with Crippen molar-refractivity contribution in [3.05, 3.63) is 18.2 Å². The topological polar surface area (TPSA) is 98.1 Å². The lowest BCUT2D eigenvalue weighted by Gasteiger charge is -2.42. The number of benzene rings is 1. The summed E-state index contributed by atoms with van der Waals surface area (Å²) in [5, 5.41) is 37.5. The Morgan fingerprint density at radius 2 is 0.667 bits per heavy atom. The van der Waals surface area contributed by atoms with E-state index >= 15 is 0 Å². The van der Waals surface area contributed by atoms with Crippen molar-refractivity contribution in [3.8, 4) is 17.2 Å². The first-order chi connectivity index (χ1) is 20.4. The van der Waals surface area contributed by atoms with Crippen molar-refractivity contribution in [1.82, 2.24) is 15.2 Å². The molecule has 3 unspecified atom stereocenters. The minimum atomic E-state index is -0.456. The van der Waals surface area contributed by atoms with Crippen molar-refractivity contribution in [2.24, 2.45) is 0 Å². The Hall–Kier alpha value is -1.62. The summed E-state index contributed by atoms with van der Waals surface area (Å²) in [5.41, 5.74) is -2.45. The van der Waals surface area contributed by atoms with Gasteiger partial charge >= 0.3 is 0 Å². The van der Waals surface area contributed by atoms with Crippen LogP contribution in [0.15, 0.2) is 18.2 Å². The van der Waals surface area contributed by atoms with Gasteiger partial charge in [-0.2, -0.15) is 15.2 Å². The Morgan fingerprint density at radius 3 is 0.889 bits per heavy atom. The number of hydrogen-bond acceptors (Lipinski definition) is 9. The van der Waals surface area contributed by atoms with Crippen molar-refractivity contribution < 1.29 is 29.8 Å². The van der Waals surface area contributed by atoms with E-state index in [1.165, 1.54) is 15.2 Å². The van der Waals surface area contributed by atoms with Gasteiger partial charge in [0.25, 0.3) is 0 Å². The summed E-state index contributed by atoms with van der Waals surface area (Å²) < 4.78 is 20.1. The zero-order valence-corrected chi connectivity index (χ0v) is 30.2. The van der Waals surface area contributed by atoms with Gasteiger partial charge in [0.2, 0.25) is 0 Å². The molecule has 0 saturated carbocycles. The predicted octanol–water partition coefficient (Wildman–Crippen LogP) is 8.23. The maximum atomic E-state index is 11.0. The van der Waals surface area contributed by atoms with Crippen LogP contribution in [0.4, 0.5) is 0 Å². The van der Waals surface area contributed by atoms with Gasteiger partial charge in [-0.25, -0.2) is 0 Å². The Bertz CT molecular complexity index is 1020. The van der Waals surface area contributed by atoms with E-state index in [4.69, 9.17) is 14.2 Å². The van der Waals surface area contributed by atoms with Crippen molar-refractivity contribution >= 4 is 0 Å². The molecule has 4 rings (SSSR count). The van der Waals surface area contributed by atoms with E-state index in [0.717, 1.165) is 38.5 Å². The van der Waals surface area contributed by atoms with Crippen LogP contribution in [0.5, 0.6) is 17.2 Å². The molecule has 0 bridgehead atoms. The van der Waals surface area contributed by atoms with Gasteiger partial charge in [0.05, 0.1) is 0 Å². The van der Waals surface area contributed by atoms with Crippen LogP contribution in [-0.2, 0) is 0 Å². The largest absolute Gasteiger partial charge is 0.490 e. The highest BCUT2D eigenvalue weighted by Crippen LogP contribution is 2.42. The molecule has 3 aliphatic rings. The molecule has 9 nitrogen and oxygen atoms in total. The van der Waals surface area contributed by atoms with Gasteiger partial charge in [0, 0.05) is 70.7 Å². The molecular weight excluding hydrogens is 570 g/mol. The monoisotopic (exact) mass is 633 g/mol. The maximum Gasteiger partial charge on any atom is 0.127 e. The fourth-order valence-electron chi connectivity index (χ4n) is 8.18. The number of ether oxygens (including phenoxy) is 3. The average molecular weight is 634 g/mol. The molecule has 9 heteroatoms. The SMILES string of the molecule is CC1(C)CCC(Oc2cc(OC3CCC(C)(C)N(O)C(C)(C)C3)cc(OC3CCC(C)(C)N(O)C(C)(C)C3)c2)CC(C)(C)N1O. The number of nitrogens with zero attached hydrogens (tertiary/aromatic N) is 3. The van der Waals surface area contributed by atoms with Crippen molar-refractivity contribution in [2.45, 2.75) is 192 Å². The summed E-state index contributed by atoms with van der Waals surface area (Å²) in [6.45, 7) is 24.8. The lowest BCUT2D eigenvalue weighted by Crippen LogP contribution is -2.52. The second-order valence-corrected chi connectivity index (χ2v) is 17.9. The van der Waals surface area contributed by atoms with E-state index in [2.05, 4.69) is 83.1 Å². The number of rotatable bonds is 6. The van der Waals surface area contributed by atoms with E-state index < -0.39 is 16.6 Å². The molecule has 0 aliphatic carbocycles. The minimum absolute atomic E-state index is 0.0966. The van der Waals surface area contributed by atoms with E-state index in [-0.39, 0.29) is 34.9 Å². The molecule has 0 aromatic heterocycles. The van der Waals surface area contributed by atoms with Gasteiger partial charge in [-0.3, -0.25) is 0 Å². The van der Waals surface area contributed by atoms with Crippen LogP contribution in [0.2, 0.25) is 0 Å². The van der Waals surface area contributed by atoms with E-state index in [1.807, 2.05) is 18.2 Å². The molecule has 0 radical (unpaired) electrons. The quantitative estimate of drug-likeness (QED) is 0.286. The normalized spacial score (nSPS) is 31.7. The number of hydrogen-bond donors (Lipinski definition) is 3. The fraction of sp³-hybridized carbons (Fsp3) is 0.833. The lowest BCUT2D eigenvalue weighted by atomic mass is 9.95. The van der Waals surface area contributed by atoms with Crippen LogP contribution in [0, 0.1) is 0 Å². The molecule has 0 amide bonds. The maximum absolute atomic E-state index is 11.0. The second kappa shape index (κ2) is 12.4. The van der Waals surface area contributed by atoms with E-state index in [9.17, 15) is 15.6 Å². The average Bonchev–Trinajstić information content (AvgIpc) is 3.07. The Kier molecular flexibility index (Phi) is 10.0. The van der Waals surface area contributed by atoms with Crippen molar-refractivity contribution in [2.75, 3.05) is 0 Å². The molecule has 3 N–H and O–H groups in total. The first-order valence-electron chi connectivity index (χ1n) is 17.1. The lowest BCUT2D eigenvalue weighted by molar-refractivity contribution is -0.222. The van der Waals surface area contributed by atoms with Gasteiger partial charge in [0.15, 0.2) is 0 Å². The second-order valence-electron chi connectivity index (χ2n) is 17.9. The van der Waals surface area contributed by atoms with Crippen LogP contribution in [0.25, 0.3) is 0 Å². The number of hydroxylamine groups is 6. The predicted molar refractivity (Wildman–Crippen MR) is 177 cm³/mol. The zero-order chi connectivity index (χ0) is 33.8. The third kappa shape index (κ3) is 8.28. The molecule has 3 saturated heterocycles. The van der Waals surface area contributed by atoms with Gasteiger partial charge < -0.3 is 29.8 Å². The van der Waals surface area contributed by atoms with Crippen LogP contribution in [-0.4, -0.2) is 82.4 Å². The first kappa shape index (κ1) is 36.2. The van der Waals surface area contributed by atoms with Crippen molar-refractivity contribution in [1.29, 1.82) is 0 Å². The van der Waals surface area contributed by atoms with Crippen LogP contribution >= 0.6 is 0 Å². The molecule has 0 spiro atoms. The molecule has 1 aromatic rings. The van der Waals surface area contributed by atoms with Crippen LogP contribution < -0.4 is 14.2 Å². The van der Waals surface area contributed by atoms with Crippen LogP contribution in [0.1, 0.15) is 141 Å². The third-order valence-corrected chi connectivity index (χ3v) is 10.6. The summed E-state index contributed by atoms with van der Waals surface area (Å²) in [6.07, 6.45) is 6.55. The highest BCUT2D eigenvalue weighted by atomic mass is 16.5. The standard InChI is InChI=1S/C36H63N3O6/c1-31(2)16-13-25(22-34(7,8)37(31)40)43-28-19-29(44-26-14-17-32(3,4)38(41)35(9,10)23-26)21-30(20-28)45-27-15-18-33(5,6)39(42)36(11,12)24-27/h19-21,25-27,40-42H,13-18,22-24H2,1-12H3. The molecule has 3 fully saturated rings. The molecule has 3 heterocycles. The summed E-state index contributed by atoms with van der Waals surface area (Å²) in [4.78, 5) is 0.